The molecule has 1 aromatic heterocycles. The maximum absolute atomic E-state index is 12.5. The van der Waals surface area contributed by atoms with E-state index < -0.39 is 0 Å². The smallest absolute Gasteiger partial charge is 0.277 e. The number of hydrogen-bond acceptors (Lipinski definition) is 6. The summed E-state index contributed by atoms with van der Waals surface area (Å²) in [6.45, 7) is 7.52. The number of hydrogen-bond donors (Lipinski definition) is 1. The Hall–Kier alpha value is -1.86. The van der Waals surface area contributed by atoms with E-state index in [4.69, 9.17) is 4.42 Å². The molecule has 7 heteroatoms. The fourth-order valence-corrected chi connectivity index (χ4v) is 4.00. The quantitative estimate of drug-likeness (QED) is 0.664. The molecule has 6 nitrogen and oxygen atoms in total. The average molecular weight is 389 g/mol. The van der Waals surface area contributed by atoms with Gasteiger partial charge in [-0.15, -0.1) is 10.2 Å². The highest BCUT2D eigenvalue weighted by molar-refractivity contribution is 8.00. The largest absolute Gasteiger partial charge is 0.415 e. The van der Waals surface area contributed by atoms with Crippen LogP contribution in [0.5, 0.6) is 0 Å². The first kappa shape index (κ1) is 19.9. The molecule has 2 atom stereocenters. The average Bonchev–Trinajstić information content (AvgIpc) is 3.35. The van der Waals surface area contributed by atoms with Crippen molar-refractivity contribution < 1.29 is 9.21 Å². The van der Waals surface area contributed by atoms with Crippen LogP contribution in [-0.2, 0) is 11.3 Å². The van der Waals surface area contributed by atoms with Gasteiger partial charge in [-0.25, -0.2) is 0 Å². The molecule has 0 unspecified atom stereocenters. The Kier molecular flexibility index (Phi) is 7.29. The third-order valence-electron chi connectivity index (χ3n) is 4.94. The molecule has 2 heterocycles. The summed E-state index contributed by atoms with van der Waals surface area (Å²) in [5, 5.41) is 11.4. The highest BCUT2D eigenvalue weighted by Gasteiger charge is 2.21. The molecule has 1 fully saturated rings. The van der Waals surface area contributed by atoms with Crippen molar-refractivity contribution in [2.24, 2.45) is 0 Å². The van der Waals surface area contributed by atoms with Crippen molar-refractivity contribution in [3.8, 4) is 0 Å². The molecule has 0 bridgehead atoms. The van der Waals surface area contributed by atoms with Gasteiger partial charge >= 0.3 is 0 Å². The monoisotopic (exact) mass is 388 g/mol. The van der Waals surface area contributed by atoms with Gasteiger partial charge in [-0.1, -0.05) is 49.0 Å². The van der Waals surface area contributed by atoms with E-state index in [0.717, 1.165) is 19.5 Å². The Morgan fingerprint density at radius 3 is 2.70 bits per heavy atom. The Morgan fingerprint density at radius 2 is 2.00 bits per heavy atom. The van der Waals surface area contributed by atoms with Gasteiger partial charge in [-0.05, 0) is 44.8 Å². The molecule has 27 heavy (non-hydrogen) atoms. The van der Waals surface area contributed by atoms with Gasteiger partial charge in [-0.2, -0.15) is 0 Å². The molecule has 1 N–H and O–H groups in total. The Bertz CT molecular complexity index is 716. The first-order chi connectivity index (χ1) is 13.2. The summed E-state index contributed by atoms with van der Waals surface area (Å²) in [5.74, 6) is 0.943. The Balaban J connectivity index is 1.46. The molecular formula is C20H28N4O2S. The maximum Gasteiger partial charge on any atom is 0.277 e. The molecule has 2 aromatic rings. The van der Waals surface area contributed by atoms with E-state index in [0.29, 0.717) is 30.1 Å². The normalized spacial score (nSPS) is 17.0. The first-order valence-electron chi connectivity index (χ1n) is 9.69. The summed E-state index contributed by atoms with van der Waals surface area (Å²) in [4.78, 5) is 14.8. The van der Waals surface area contributed by atoms with Crippen LogP contribution in [0.15, 0.2) is 40.0 Å². The summed E-state index contributed by atoms with van der Waals surface area (Å²) < 4.78 is 5.70. The first-order valence-corrected chi connectivity index (χ1v) is 10.6. The van der Waals surface area contributed by atoms with Crippen LogP contribution in [0.3, 0.4) is 0 Å². The third-order valence-corrected chi connectivity index (χ3v) is 5.87. The van der Waals surface area contributed by atoms with Crippen LogP contribution in [0, 0.1) is 0 Å². The molecule has 3 rings (SSSR count). The summed E-state index contributed by atoms with van der Waals surface area (Å²) in [6.07, 6.45) is 3.44. The molecule has 146 valence electrons. The molecule has 0 spiro atoms. The second-order valence-electron chi connectivity index (χ2n) is 6.97. The van der Waals surface area contributed by atoms with Gasteiger partial charge in [0.15, 0.2) is 0 Å². The second kappa shape index (κ2) is 9.90. The third kappa shape index (κ3) is 5.81. The maximum atomic E-state index is 12.5. The lowest BCUT2D eigenvalue weighted by Crippen LogP contribution is -2.34. The predicted octanol–water partition coefficient (Wildman–Crippen LogP) is 3.46. The summed E-state index contributed by atoms with van der Waals surface area (Å²) in [6, 6.07) is 10.3. The van der Waals surface area contributed by atoms with E-state index >= 15 is 0 Å². The van der Waals surface area contributed by atoms with Crippen LogP contribution in [-0.4, -0.2) is 45.9 Å². The van der Waals surface area contributed by atoms with Crippen molar-refractivity contribution in [2.45, 2.75) is 56.0 Å². The lowest BCUT2D eigenvalue weighted by Gasteiger charge is -2.17. The zero-order valence-corrected chi connectivity index (χ0v) is 16.9. The van der Waals surface area contributed by atoms with Gasteiger partial charge in [0.05, 0.1) is 11.8 Å². The molecule has 1 aromatic carbocycles. The van der Waals surface area contributed by atoms with Crippen molar-refractivity contribution in [3.05, 3.63) is 41.8 Å². The SMILES string of the molecule is CC[C@H](CNC(=O)[C@H](C)Sc1nnc(CN2CCCC2)o1)c1ccccc1. The van der Waals surface area contributed by atoms with Crippen molar-refractivity contribution in [1.29, 1.82) is 0 Å². The number of amides is 1. The van der Waals surface area contributed by atoms with Gasteiger partial charge in [0.1, 0.15) is 0 Å². The molecule has 0 radical (unpaired) electrons. The fourth-order valence-electron chi connectivity index (χ4n) is 3.28. The Morgan fingerprint density at radius 1 is 1.26 bits per heavy atom. The van der Waals surface area contributed by atoms with E-state index in [1.54, 1.807) is 0 Å². The van der Waals surface area contributed by atoms with Gasteiger partial charge in [0, 0.05) is 12.5 Å². The number of thioether (sulfide) groups is 1. The van der Waals surface area contributed by atoms with Crippen LogP contribution in [0.25, 0.3) is 0 Å². The minimum absolute atomic E-state index is 0.00586. The van der Waals surface area contributed by atoms with Crippen molar-refractivity contribution in [1.82, 2.24) is 20.4 Å². The molecule has 0 aliphatic carbocycles. The lowest BCUT2D eigenvalue weighted by molar-refractivity contribution is -0.120. The fraction of sp³-hybridized carbons (Fsp3) is 0.550. The highest BCUT2D eigenvalue weighted by Crippen LogP contribution is 2.23. The van der Waals surface area contributed by atoms with Crippen LogP contribution in [0.2, 0.25) is 0 Å². The minimum atomic E-state index is -0.279. The van der Waals surface area contributed by atoms with Gasteiger partial charge in [0.2, 0.25) is 11.8 Å². The van der Waals surface area contributed by atoms with Gasteiger partial charge < -0.3 is 9.73 Å². The standard InChI is InChI=1S/C20H28N4O2S/c1-3-16(17-9-5-4-6-10-17)13-21-19(25)15(2)27-20-23-22-18(26-20)14-24-11-7-8-12-24/h4-6,9-10,15-16H,3,7-8,11-14H2,1-2H3,(H,21,25)/t15-,16+/m0/s1. The number of nitrogens with one attached hydrogen (secondary N) is 1. The zero-order valence-electron chi connectivity index (χ0n) is 16.1. The van der Waals surface area contributed by atoms with E-state index in [9.17, 15) is 4.79 Å². The molecule has 1 amide bonds. The number of benzene rings is 1. The van der Waals surface area contributed by atoms with Crippen molar-refractivity contribution in [2.75, 3.05) is 19.6 Å². The number of nitrogens with zero attached hydrogens (tertiary/aromatic N) is 3. The number of likely N-dealkylation sites (tertiary alicyclic amines) is 1. The van der Waals surface area contributed by atoms with Crippen LogP contribution in [0.1, 0.15) is 50.5 Å². The van der Waals surface area contributed by atoms with Crippen LogP contribution >= 0.6 is 11.8 Å². The predicted molar refractivity (Wildman–Crippen MR) is 107 cm³/mol. The highest BCUT2D eigenvalue weighted by atomic mass is 32.2. The number of carbonyl (C=O) groups excluding carboxylic acids is 1. The van der Waals surface area contributed by atoms with Gasteiger partial charge in [0.25, 0.3) is 5.22 Å². The molecule has 1 saturated heterocycles. The molecule has 0 saturated carbocycles. The van der Waals surface area contributed by atoms with E-state index in [1.807, 2.05) is 25.1 Å². The summed E-state index contributed by atoms with van der Waals surface area (Å²) in [7, 11) is 0. The van der Waals surface area contributed by atoms with Crippen LogP contribution in [0.4, 0.5) is 0 Å². The molecular weight excluding hydrogens is 360 g/mol. The zero-order chi connectivity index (χ0) is 19.1. The van der Waals surface area contributed by atoms with E-state index in [2.05, 4.69) is 39.5 Å². The molecule has 1 aliphatic heterocycles. The topological polar surface area (TPSA) is 71.3 Å². The number of aromatic nitrogens is 2. The molecule has 1 aliphatic rings. The minimum Gasteiger partial charge on any atom is -0.415 e. The lowest BCUT2D eigenvalue weighted by atomic mass is 9.96. The summed E-state index contributed by atoms with van der Waals surface area (Å²) >= 11 is 1.31. The van der Waals surface area contributed by atoms with E-state index in [1.165, 1.54) is 30.2 Å². The second-order valence-corrected chi connectivity index (χ2v) is 8.26. The van der Waals surface area contributed by atoms with E-state index in [-0.39, 0.29) is 11.2 Å². The van der Waals surface area contributed by atoms with Crippen molar-refractivity contribution in [3.63, 3.8) is 0 Å². The number of carbonyl (C=O) groups is 1. The van der Waals surface area contributed by atoms with Crippen molar-refractivity contribution >= 4 is 17.7 Å². The Labute approximate surface area is 165 Å². The summed E-state index contributed by atoms with van der Waals surface area (Å²) in [5.41, 5.74) is 1.25. The van der Waals surface area contributed by atoms with Gasteiger partial charge in [-0.3, -0.25) is 9.69 Å². The van der Waals surface area contributed by atoms with Crippen LogP contribution < -0.4 is 5.32 Å². The number of rotatable bonds is 9.